The van der Waals surface area contributed by atoms with Gasteiger partial charge in [-0.15, -0.1) is 0 Å². The third-order valence-electron chi connectivity index (χ3n) is 3.82. The van der Waals surface area contributed by atoms with Crippen LogP contribution in [-0.4, -0.2) is 31.0 Å². The van der Waals surface area contributed by atoms with Gasteiger partial charge in [-0.05, 0) is 42.8 Å². The number of hydrazine groups is 1. The van der Waals surface area contributed by atoms with Crippen molar-refractivity contribution in [3.8, 4) is 5.75 Å². The highest BCUT2D eigenvalue weighted by atomic mass is 35.5. The van der Waals surface area contributed by atoms with E-state index in [2.05, 4.69) is 5.43 Å². The van der Waals surface area contributed by atoms with Crippen molar-refractivity contribution >= 4 is 41.1 Å². The van der Waals surface area contributed by atoms with E-state index in [1.54, 1.807) is 49.4 Å². The van der Waals surface area contributed by atoms with Crippen LogP contribution < -0.4 is 15.2 Å². The van der Waals surface area contributed by atoms with Crippen LogP contribution in [0.1, 0.15) is 12.5 Å². The summed E-state index contributed by atoms with van der Waals surface area (Å²) in [6.07, 6.45) is 1.45. The van der Waals surface area contributed by atoms with Crippen LogP contribution in [0.5, 0.6) is 5.75 Å². The Bertz CT molecular complexity index is 943. The first-order valence-corrected chi connectivity index (χ1v) is 8.87. The Hall–Kier alpha value is -3.32. The van der Waals surface area contributed by atoms with Crippen molar-refractivity contribution < 1.29 is 23.9 Å². The normalized spacial score (nSPS) is 14.9. The fourth-order valence-corrected chi connectivity index (χ4v) is 2.79. The van der Waals surface area contributed by atoms with Gasteiger partial charge in [-0.3, -0.25) is 15.0 Å². The number of carbonyl (C=O) groups excluding carboxylic acids is 3. The molecule has 0 radical (unpaired) electrons. The van der Waals surface area contributed by atoms with Gasteiger partial charge in [0.15, 0.2) is 6.61 Å². The Labute approximate surface area is 166 Å². The van der Waals surface area contributed by atoms with E-state index in [1.165, 1.54) is 11.1 Å². The van der Waals surface area contributed by atoms with E-state index in [1.807, 2.05) is 6.07 Å². The summed E-state index contributed by atoms with van der Waals surface area (Å²) in [4.78, 5) is 36.1. The smallest absolute Gasteiger partial charge is 0.344 e. The molecule has 0 unspecified atom stereocenters. The summed E-state index contributed by atoms with van der Waals surface area (Å²) in [5.74, 6) is -1.17. The molecule has 0 saturated carbocycles. The molecule has 28 heavy (non-hydrogen) atoms. The van der Waals surface area contributed by atoms with Crippen LogP contribution in [0.2, 0.25) is 5.02 Å². The minimum atomic E-state index is -0.507. The van der Waals surface area contributed by atoms with Crippen molar-refractivity contribution in [2.24, 2.45) is 0 Å². The molecule has 1 fully saturated rings. The van der Waals surface area contributed by atoms with Crippen LogP contribution in [0.4, 0.5) is 5.69 Å². The summed E-state index contributed by atoms with van der Waals surface area (Å²) in [7, 11) is 0. The Kier molecular flexibility index (Phi) is 5.96. The number of nitrogens with zero attached hydrogens (tertiary/aromatic N) is 1. The van der Waals surface area contributed by atoms with Crippen molar-refractivity contribution in [1.82, 2.24) is 5.43 Å². The molecule has 2 aromatic rings. The molecule has 0 aromatic heterocycles. The van der Waals surface area contributed by atoms with Gasteiger partial charge in [-0.25, -0.2) is 9.80 Å². The lowest BCUT2D eigenvalue weighted by molar-refractivity contribution is -0.145. The minimum absolute atomic E-state index is 0.0138. The summed E-state index contributed by atoms with van der Waals surface area (Å²) >= 11 is 6.17. The average molecular weight is 401 g/mol. The summed E-state index contributed by atoms with van der Waals surface area (Å²) in [5.41, 5.74) is 3.62. The third kappa shape index (κ3) is 4.32. The van der Waals surface area contributed by atoms with Crippen molar-refractivity contribution in [2.45, 2.75) is 6.92 Å². The van der Waals surface area contributed by atoms with E-state index in [4.69, 9.17) is 21.1 Å². The number of carbonyl (C=O) groups is 3. The highest BCUT2D eigenvalue weighted by molar-refractivity contribution is 6.33. The molecule has 0 spiro atoms. The third-order valence-corrected chi connectivity index (χ3v) is 4.12. The number of ether oxygens (including phenoxy) is 2. The Morgan fingerprint density at radius 1 is 1.18 bits per heavy atom. The molecule has 2 amide bonds. The number of benzene rings is 2. The molecule has 0 bridgehead atoms. The highest BCUT2D eigenvalue weighted by Crippen LogP contribution is 2.27. The van der Waals surface area contributed by atoms with Gasteiger partial charge in [-0.2, -0.15) is 0 Å². The predicted molar refractivity (Wildman–Crippen MR) is 104 cm³/mol. The molecule has 1 saturated heterocycles. The van der Waals surface area contributed by atoms with Gasteiger partial charge < -0.3 is 9.47 Å². The first-order chi connectivity index (χ1) is 13.5. The zero-order valence-electron chi connectivity index (χ0n) is 15.0. The summed E-state index contributed by atoms with van der Waals surface area (Å²) in [6.45, 7) is 1.70. The molecule has 7 nitrogen and oxygen atoms in total. The van der Waals surface area contributed by atoms with E-state index in [0.29, 0.717) is 17.0 Å². The maximum absolute atomic E-state index is 12.6. The largest absolute Gasteiger partial charge is 0.480 e. The van der Waals surface area contributed by atoms with Crippen molar-refractivity contribution in [3.63, 3.8) is 0 Å². The van der Waals surface area contributed by atoms with Crippen molar-refractivity contribution in [2.75, 3.05) is 18.2 Å². The van der Waals surface area contributed by atoms with E-state index in [-0.39, 0.29) is 23.8 Å². The second-order valence-electron chi connectivity index (χ2n) is 5.76. The van der Waals surface area contributed by atoms with Gasteiger partial charge in [-0.1, -0.05) is 35.9 Å². The number of halogens is 1. The van der Waals surface area contributed by atoms with Crippen LogP contribution >= 0.6 is 11.6 Å². The molecular formula is C20H17ClN2O5. The Morgan fingerprint density at radius 2 is 1.93 bits per heavy atom. The predicted octanol–water partition coefficient (Wildman–Crippen LogP) is 2.74. The second-order valence-corrected chi connectivity index (χ2v) is 6.17. The van der Waals surface area contributed by atoms with E-state index in [0.717, 1.165) is 0 Å². The number of hydrogen-bond donors (Lipinski definition) is 1. The molecule has 1 heterocycles. The molecule has 3 rings (SSSR count). The fourth-order valence-electron chi connectivity index (χ4n) is 2.55. The first-order valence-electron chi connectivity index (χ1n) is 8.49. The number of anilines is 1. The Balaban J connectivity index is 1.76. The number of nitrogens with one attached hydrogen (secondary N) is 1. The quantitative estimate of drug-likeness (QED) is 0.458. The first kappa shape index (κ1) is 19.4. The van der Waals surface area contributed by atoms with Gasteiger partial charge in [0.05, 0.1) is 17.3 Å². The molecule has 144 valence electrons. The lowest BCUT2D eigenvalue weighted by Crippen LogP contribution is -2.35. The maximum Gasteiger partial charge on any atom is 0.344 e. The number of esters is 1. The number of rotatable bonds is 6. The van der Waals surface area contributed by atoms with E-state index >= 15 is 0 Å². The van der Waals surface area contributed by atoms with Crippen molar-refractivity contribution in [1.29, 1.82) is 0 Å². The van der Waals surface area contributed by atoms with Gasteiger partial charge in [0.2, 0.25) is 0 Å². The van der Waals surface area contributed by atoms with E-state index < -0.39 is 17.8 Å². The number of para-hydroxylation sites is 1. The second kappa shape index (κ2) is 8.58. The van der Waals surface area contributed by atoms with Crippen LogP contribution in [0.25, 0.3) is 6.08 Å². The van der Waals surface area contributed by atoms with Gasteiger partial charge in [0.25, 0.3) is 11.8 Å². The molecule has 0 atom stereocenters. The summed E-state index contributed by atoms with van der Waals surface area (Å²) in [5, 5.41) is 1.43. The molecular weight excluding hydrogens is 384 g/mol. The monoisotopic (exact) mass is 400 g/mol. The lowest BCUT2D eigenvalue weighted by atomic mass is 10.1. The van der Waals surface area contributed by atoms with Gasteiger partial charge in [0.1, 0.15) is 11.3 Å². The van der Waals surface area contributed by atoms with Crippen LogP contribution in [-0.2, 0) is 19.1 Å². The minimum Gasteiger partial charge on any atom is -0.480 e. The highest BCUT2D eigenvalue weighted by Gasteiger charge is 2.34. The molecule has 1 N–H and O–H groups in total. The van der Waals surface area contributed by atoms with Gasteiger partial charge in [0, 0.05) is 0 Å². The number of amides is 2. The summed E-state index contributed by atoms with van der Waals surface area (Å²) < 4.78 is 10.1. The van der Waals surface area contributed by atoms with Crippen LogP contribution in [0, 0.1) is 0 Å². The van der Waals surface area contributed by atoms with E-state index in [9.17, 15) is 14.4 Å². The maximum atomic E-state index is 12.6. The molecule has 1 aliphatic rings. The topological polar surface area (TPSA) is 84.9 Å². The molecule has 2 aromatic carbocycles. The van der Waals surface area contributed by atoms with Gasteiger partial charge >= 0.3 is 5.97 Å². The molecule has 0 aliphatic carbocycles. The molecule has 1 aliphatic heterocycles. The average Bonchev–Trinajstić information content (AvgIpc) is 2.96. The summed E-state index contributed by atoms with van der Waals surface area (Å²) in [6, 6.07) is 13.5. The lowest BCUT2D eigenvalue weighted by Gasteiger charge is -2.13. The number of hydrogen-bond acceptors (Lipinski definition) is 5. The van der Waals surface area contributed by atoms with Crippen molar-refractivity contribution in [3.05, 3.63) is 64.7 Å². The SMILES string of the molecule is CCOC(=O)COc1ccc(C=C2C(=O)NN(c3ccccc3)C2=O)cc1Cl. The van der Waals surface area contributed by atoms with Crippen LogP contribution in [0.15, 0.2) is 54.1 Å². The Morgan fingerprint density at radius 3 is 2.61 bits per heavy atom. The zero-order valence-corrected chi connectivity index (χ0v) is 15.7. The fraction of sp³-hybridized carbons (Fsp3) is 0.150. The molecule has 8 heteroatoms. The zero-order chi connectivity index (χ0) is 20.1. The van der Waals surface area contributed by atoms with Crippen LogP contribution in [0.3, 0.4) is 0 Å². The standard InChI is InChI=1S/C20H17ClN2O5/c1-2-27-18(24)12-28-17-9-8-13(11-16(17)21)10-15-19(25)22-23(20(15)26)14-6-4-3-5-7-14/h3-11H,2,12H2,1H3,(H,22,25).